The van der Waals surface area contributed by atoms with Gasteiger partial charge in [-0.05, 0) is 55.7 Å². The highest BCUT2D eigenvalue weighted by Gasteiger charge is 2.26. The molecule has 0 radical (unpaired) electrons. The number of hydrogen-bond acceptors (Lipinski definition) is 1. The molecule has 1 saturated carbocycles. The second-order valence-electron chi connectivity index (χ2n) is 6.00. The van der Waals surface area contributed by atoms with E-state index in [1.54, 1.807) is 0 Å². The van der Waals surface area contributed by atoms with Crippen LogP contribution in [0.1, 0.15) is 44.2 Å². The van der Waals surface area contributed by atoms with Crippen LogP contribution in [0.25, 0.3) is 0 Å². The van der Waals surface area contributed by atoms with Crippen molar-refractivity contribution in [3.05, 3.63) is 27.7 Å². The minimum Gasteiger partial charge on any atom is -0.490 e. The molecule has 106 valence electrons. The molecular formula is C16H22Br2O. The average Bonchev–Trinajstić information content (AvgIpc) is 2.31. The lowest BCUT2D eigenvalue weighted by Crippen LogP contribution is -2.29. The monoisotopic (exact) mass is 388 g/mol. The minimum atomic E-state index is 0.372. The summed E-state index contributed by atoms with van der Waals surface area (Å²) in [5.41, 5.74) is 2.45. The van der Waals surface area contributed by atoms with E-state index in [-0.39, 0.29) is 0 Å². The SMILES string of the molecule is Cc1cc(Br)cc(CBr)c1OC1CC(C)CC(C)C1. The fraction of sp³-hybridized carbons (Fsp3) is 0.625. The van der Waals surface area contributed by atoms with E-state index in [1.165, 1.54) is 30.4 Å². The molecule has 0 spiro atoms. The Balaban J connectivity index is 2.18. The van der Waals surface area contributed by atoms with Crippen molar-refractivity contribution >= 4 is 31.9 Å². The Labute approximate surface area is 133 Å². The molecule has 2 atom stereocenters. The Kier molecular flexibility index (Phi) is 5.36. The fourth-order valence-corrected chi connectivity index (χ4v) is 4.24. The molecule has 2 rings (SSSR count). The maximum absolute atomic E-state index is 6.35. The van der Waals surface area contributed by atoms with Gasteiger partial charge in [0, 0.05) is 15.4 Å². The third-order valence-corrected chi connectivity index (χ3v) is 4.94. The Bertz CT molecular complexity index is 435. The van der Waals surface area contributed by atoms with Gasteiger partial charge < -0.3 is 4.74 Å². The van der Waals surface area contributed by atoms with E-state index < -0.39 is 0 Å². The van der Waals surface area contributed by atoms with E-state index in [0.717, 1.165) is 27.4 Å². The van der Waals surface area contributed by atoms with Crippen molar-refractivity contribution in [3.63, 3.8) is 0 Å². The van der Waals surface area contributed by atoms with Gasteiger partial charge in [-0.2, -0.15) is 0 Å². The number of ether oxygens (including phenoxy) is 1. The van der Waals surface area contributed by atoms with Gasteiger partial charge in [-0.25, -0.2) is 0 Å². The number of rotatable bonds is 3. The molecule has 0 heterocycles. The van der Waals surface area contributed by atoms with Crippen molar-refractivity contribution in [1.29, 1.82) is 0 Å². The highest BCUT2D eigenvalue weighted by atomic mass is 79.9. The lowest BCUT2D eigenvalue weighted by atomic mass is 9.82. The zero-order valence-corrected chi connectivity index (χ0v) is 15.1. The molecule has 0 saturated heterocycles. The molecular weight excluding hydrogens is 368 g/mol. The predicted octanol–water partition coefficient (Wildman–Crippen LogP) is 5.86. The summed E-state index contributed by atoms with van der Waals surface area (Å²) >= 11 is 7.12. The van der Waals surface area contributed by atoms with Crippen LogP contribution in [-0.2, 0) is 5.33 Å². The zero-order valence-electron chi connectivity index (χ0n) is 11.9. The van der Waals surface area contributed by atoms with Gasteiger partial charge in [-0.3, -0.25) is 0 Å². The smallest absolute Gasteiger partial charge is 0.126 e. The molecule has 1 aliphatic rings. The maximum Gasteiger partial charge on any atom is 0.126 e. The first-order chi connectivity index (χ1) is 8.99. The molecule has 1 fully saturated rings. The van der Waals surface area contributed by atoms with E-state index in [1.807, 2.05) is 0 Å². The highest BCUT2D eigenvalue weighted by molar-refractivity contribution is 9.10. The Morgan fingerprint density at radius 3 is 2.37 bits per heavy atom. The first-order valence-corrected chi connectivity index (χ1v) is 8.92. The minimum absolute atomic E-state index is 0.372. The molecule has 1 aromatic carbocycles. The van der Waals surface area contributed by atoms with Crippen LogP contribution in [0.2, 0.25) is 0 Å². The summed E-state index contributed by atoms with van der Waals surface area (Å²) in [6.07, 6.45) is 4.07. The normalized spacial score (nSPS) is 27.3. The van der Waals surface area contributed by atoms with Crippen LogP contribution >= 0.6 is 31.9 Å². The van der Waals surface area contributed by atoms with Crippen LogP contribution in [-0.4, -0.2) is 6.10 Å². The summed E-state index contributed by atoms with van der Waals surface area (Å²) in [7, 11) is 0. The van der Waals surface area contributed by atoms with Gasteiger partial charge in [0.05, 0.1) is 6.10 Å². The molecule has 1 nitrogen and oxygen atoms in total. The predicted molar refractivity (Wildman–Crippen MR) is 88.1 cm³/mol. The zero-order chi connectivity index (χ0) is 14.0. The van der Waals surface area contributed by atoms with E-state index in [4.69, 9.17) is 4.74 Å². The maximum atomic E-state index is 6.35. The van der Waals surface area contributed by atoms with E-state index in [0.29, 0.717) is 6.10 Å². The standard InChI is InChI=1S/C16H22Br2O/c1-10-4-11(2)6-15(5-10)19-16-12(3)7-14(18)8-13(16)9-17/h7-8,10-11,15H,4-6,9H2,1-3H3. The van der Waals surface area contributed by atoms with Gasteiger partial charge in [-0.1, -0.05) is 45.7 Å². The number of aryl methyl sites for hydroxylation is 1. The van der Waals surface area contributed by atoms with Gasteiger partial charge >= 0.3 is 0 Å². The molecule has 0 amide bonds. The number of halogens is 2. The van der Waals surface area contributed by atoms with Gasteiger partial charge in [0.15, 0.2) is 0 Å². The second kappa shape index (κ2) is 6.62. The van der Waals surface area contributed by atoms with Crippen molar-refractivity contribution in [2.24, 2.45) is 11.8 Å². The quantitative estimate of drug-likeness (QED) is 0.588. The summed E-state index contributed by atoms with van der Waals surface area (Å²) in [6.45, 7) is 6.81. The summed E-state index contributed by atoms with van der Waals surface area (Å²) in [6, 6.07) is 4.28. The Morgan fingerprint density at radius 2 is 1.79 bits per heavy atom. The molecule has 0 aromatic heterocycles. The summed E-state index contributed by atoms with van der Waals surface area (Å²) < 4.78 is 7.48. The molecule has 1 aliphatic carbocycles. The highest BCUT2D eigenvalue weighted by Crippen LogP contribution is 2.35. The summed E-state index contributed by atoms with van der Waals surface area (Å²) in [5, 5.41) is 0.834. The van der Waals surface area contributed by atoms with Crippen molar-refractivity contribution in [3.8, 4) is 5.75 Å². The van der Waals surface area contributed by atoms with Gasteiger partial charge in [0.1, 0.15) is 5.75 Å². The lowest BCUT2D eigenvalue weighted by molar-refractivity contribution is 0.0996. The van der Waals surface area contributed by atoms with E-state index >= 15 is 0 Å². The third-order valence-electron chi connectivity index (χ3n) is 3.88. The van der Waals surface area contributed by atoms with Crippen LogP contribution < -0.4 is 4.74 Å². The van der Waals surface area contributed by atoms with Gasteiger partial charge in [-0.15, -0.1) is 0 Å². The van der Waals surface area contributed by atoms with Crippen molar-refractivity contribution in [1.82, 2.24) is 0 Å². The van der Waals surface area contributed by atoms with Crippen molar-refractivity contribution in [2.45, 2.75) is 51.5 Å². The van der Waals surface area contributed by atoms with Crippen LogP contribution in [0.4, 0.5) is 0 Å². The molecule has 2 unspecified atom stereocenters. The number of alkyl halides is 1. The molecule has 3 heteroatoms. The molecule has 0 aliphatic heterocycles. The van der Waals surface area contributed by atoms with Gasteiger partial charge in [0.2, 0.25) is 0 Å². The molecule has 0 N–H and O–H groups in total. The Hall–Kier alpha value is -0.0200. The Morgan fingerprint density at radius 1 is 1.16 bits per heavy atom. The third kappa shape index (κ3) is 3.98. The summed E-state index contributed by atoms with van der Waals surface area (Å²) in [4.78, 5) is 0. The molecule has 19 heavy (non-hydrogen) atoms. The van der Waals surface area contributed by atoms with E-state index in [2.05, 4.69) is 64.8 Å². The summed E-state index contributed by atoms with van der Waals surface area (Å²) in [5.74, 6) is 2.63. The molecule has 0 bridgehead atoms. The topological polar surface area (TPSA) is 9.23 Å². The fourth-order valence-electron chi connectivity index (χ4n) is 3.20. The number of benzene rings is 1. The second-order valence-corrected chi connectivity index (χ2v) is 7.48. The van der Waals surface area contributed by atoms with Crippen molar-refractivity contribution < 1.29 is 4.74 Å². The number of hydrogen-bond donors (Lipinski definition) is 0. The van der Waals surface area contributed by atoms with Crippen LogP contribution in [0, 0.1) is 18.8 Å². The largest absolute Gasteiger partial charge is 0.490 e. The lowest BCUT2D eigenvalue weighted by Gasteiger charge is -2.32. The first kappa shape index (κ1) is 15.4. The van der Waals surface area contributed by atoms with Crippen LogP contribution in [0.15, 0.2) is 16.6 Å². The molecule has 1 aromatic rings. The average molecular weight is 390 g/mol. The van der Waals surface area contributed by atoms with Crippen LogP contribution in [0.5, 0.6) is 5.75 Å². The van der Waals surface area contributed by atoms with Gasteiger partial charge in [0.25, 0.3) is 0 Å². The van der Waals surface area contributed by atoms with Crippen molar-refractivity contribution in [2.75, 3.05) is 0 Å². The van der Waals surface area contributed by atoms with Crippen LogP contribution in [0.3, 0.4) is 0 Å². The first-order valence-electron chi connectivity index (χ1n) is 7.01. The van der Waals surface area contributed by atoms with E-state index in [9.17, 15) is 0 Å².